The predicted molar refractivity (Wildman–Crippen MR) is 69.2 cm³/mol. The van der Waals surface area contributed by atoms with Gasteiger partial charge in [0.25, 0.3) is 0 Å². The van der Waals surface area contributed by atoms with E-state index in [1.807, 2.05) is 18.2 Å². The fourth-order valence-corrected chi connectivity index (χ4v) is 2.39. The summed E-state index contributed by atoms with van der Waals surface area (Å²) in [5.41, 5.74) is 1.01. The molecule has 3 rings (SSSR count). The third-order valence-electron chi connectivity index (χ3n) is 2.64. The Balaban J connectivity index is 2.03. The number of benzene rings is 1. The molecule has 5 heteroatoms. The van der Waals surface area contributed by atoms with Crippen molar-refractivity contribution in [1.82, 2.24) is 15.2 Å². The van der Waals surface area contributed by atoms with E-state index in [-0.39, 0.29) is 0 Å². The average Bonchev–Trinajstić information content (AvgIpc) is 3.01. The van der Waals surface area contributed by atoms with Crippen LogP contribution >= 0.6 is 31.9 Å². The largest absolute Gasteiger partial charge is 0.262 e. The first-order valence-corrected chi connectivity index (χ1v) is 6.70. The Morgan fingerprint density at radius 2 is 2.06 bits per heavy atom. The van der Waals surface area contributed by atoms with Crippen molar-refractivity contribution in [1.29, 1.82) is 0 Å². The highest BCUT2D eigenvalue weighted by Gasteiger charge is 2.27. The molecule has 1 aliphatic rings. The fraction of sp³-hybridized carbons (Fsp3) is 0.273. The van der Waals surface area contributed by atoms with Gasteiger partial charge < -0.3 is 0 Å². The first-order chi connectivity index (χ1) is 7.74. The van der Waals surface area contributed by atoms with Gasteiger partial charge in [0, 0.05) is 20.4 Å². The van der Waals surface area contributed by atoms with Crippen LogP contribution in [0.2, 0.25) is 0 Å². The minimum Gasteiger partial charge on any atom is -0.262 e. The molecule has 82 valence electrons. The summed E-state index contributed by atoms with van der Waals surface area (Å²) in [6.07, 6.45) is 2.46. The van der Waals surface area contributed by atoms with Gasteiger partial charge in [-0.05, 0) is 31.0 Å². The van der Waals surface area contributed by atoms with Gasteiger partial charge in [-0.25, -0.2) is 4.98 Å². The van der Waals surface area contributed by atoms with Crippen molar-refractivity contribution in [3.8, 4) is 11.4 Å². The van der Waals surface area contributed by atoms with Crippen molar-refractivity contribution in [2.24, 2.45) is 0 Å². The Labute approximate surface area is 110 Å². The molecule has 0 bridgehead atoms. The molecule has 1 aromatic heterocycles. The van der Waals surface area contributed by atoms with E-state index in [9.17, 15) is 0 Å². The van der Waals surface area contributed by atoms with E-state index in [4.69, 9.17) is 0 Å². The number of nitrogens with one attached hydrogen (secondary N) is 1. The highest BCUT2D eigenvalue weighted by Crippen LogP contribution is 2.39. The number of hydrogen-bond acceptors (Lipinski definition) is 2. The Morgan fingerprint density at radius 3 is 2.81 bits per heavy atom. The maximum atomic E-state index is 4.53. The Bertz CT molecular complexity index is 532. The van der Waals surface area contributed by atoms with Gasteiger partial charge in [-0.3, -0.25) is 5.10 Å². The van der Waals surface area contributed by atoms with Crippen LogP contribution in [0.25, 0.3) is 11.4 Å². The van der Waals surface area contributed by atoms with Crippen molar-refractivity contribution in [3.63, 3.8) is 0 Å². The van der Waals surface area contributed by atoms with E-state index < -0.39 is 0 Å². The van der Waals surface area contributed by atoms with Crippen LogP contribution in [0, 0.1) is 0 Å². The Morgan fingerprint density at radius 1 is 1.25 bits per heavy atom. The minimum atomic E-state index is 0.604. The molecule has 1 heterocycles. The zero-order chi connectivity index (χ0) is 11.1. The number of nitrogens with zero attached hydrogens (tertiary/aromatic N) is 2. The third kappa shape index (κ3) is 1.94. The van der Waals surface area contributed by atoms with Crippen molar-refractivity contribution in [2.75, 3.05) is 0 Å². The molecule has 0 amide bonds. The topological polar surface area (TPSA) is 41.6 Å². The summed E-state index contributed by atoms with van der Waals surface area (Å²) in [4.78, 5) is 4.53. The molecule has 2 aromatic rings. The fourth-order valence-electron chi connectivity index (χ4n) is 1.60. The summed E-state index contributed by atoms with van der Waals surface area (Å²) in [7, 11) is 0. The van der Waals surface area contributed by atoms with Gasteiger partial charge in [0.2, 0.25) is 0 Å². The van der Waals surface area contributed by atoms with Crippen LogP contribution < -0.4 is 0 Å². The standard InChI is InChI=1S/C11H9Br2N3/c12-7-3-4-9(13)8(5-7)11-14-10(15-16-11)6-1-2-6/h3-6H,1-2H2,(H,14,15,16). The molecule has 0 unspecified atom stereocenters. The summed E-state index contributed by atoms with van der Waals surface area (Å²) >= 11 is 6.97. The van der Waals surface area contributed by atoms with Crippen LogP contribution in [0.1, 0.15) is 24.6 Å². The third-order valence-corrected chi connectivity index (χ3v) is 3.82. The van der Waals surface area contributed by atoms with E-state index in [2.05, 4.69) is 47.0 Å². The lowest BCUT2D eigenvalue weighted by molar-refractivity contribution is 0.935. The van der Waals surface area contributed by atoms with E-state index in [0.29, 0.717) is 5.92 Å². The molecule has 3 nitrogen and oxygen atoms in total. The van der Waals surface area contributed by atoms with E-state index >= 15 is 0 Å². The summed E-state index contributed by atoms with van der Waals surface area (Å²) in [6, 6.07) is 6.00. The van der Waals surface area contributed by atoms with Gasteiger partial charge in [0.15, 0.2) is 5.82 Å². The highest BCUT2D eigenvalue weighted by atomic mass is 79.9. The smallest absolute Gasteiger partial charge is 0.182 e. The van der Waals surface area contributed by atoms with Crippen LogP contribution in [0.15, 0.2) is 27.1 Å². The van der Waals surface area contributed by atoms with Crippen molar-refractivity contribution in [2.45, 2.75) is 18.8 Å². The normalized spacial score (nSPS) is 15.4. The molecule has 0 saturated heterocycles. The van der Waals surface area contributed by atoms with Crippen LogP contribution in [0.3, 0.4) is 0 Å². The number of hydrogen-bond donors (Lipinski definition) is 1. The van der Waals surface area contributed by atoms with Crippen molar-refractivity contribution < 1.29 is 0 Å². The number of aromatic amines is 1. The van der Waals surface area contributed by atoms with Gasteiger partial charge in [-0.1, -0.05) is 31.9 Å². The molecular formula is C11H9Br2N3. The number of halogens is 2. The lowest BCUT2D eigenvalue weighted by Crippen LogP contribution is -1.84. The summed E-state index contributed by atoms with van der Waals surface area (Å²) in [6.45, 7) is 0. The lowest BCUT2D eigenvalue weighted by atomic mass is 10.2. The van der Waals surface area contributed by atoms with Crippen molar-refractivity contribution in [3.05, 3.63) is 33.0 Å². The highest BCUT2D eigenvalue weighted by molar-refractivity contribution is 9.11. The second-order valence-electron chi connectivity index (χ2n) is 3.94. The molecule has 1 fully saturated rings. The number of H-pyrrole nitrogens is 1. The molecule has 1 N–H and O–H groups in total. The number of rotatable bonds is 2. The van der Waals surface area contributed by atoms with Crippen LogP contribution in [-0.2, 0) is 0 Å². The Hall–Kier alpha value is -0.680. The molecule has 0 atom stereocenters. The first kappa shape index (κ1) is 10.5. The quantitative estimate of drug-likeness (QED) is 0.899. The first-order valence-electron chi connectivity index (χ1n) is 5.12. The lowest BCUT2D eigenvalue weighted by Gasteiger charge is -1.99. The van der Waals surface area contributed by atoms with Crippen molar-refractivity contribution >= 4 is 31.9 Å². The molecule has 1 saturated carbocycles. The maximum Gasteiger partial charge on any atom is 0.182 e. The summed E-state index contributed by atoms with van der Waals surface area (Å²) < 4.78 is 2.04. The molecule has 0 aliphatic heterocycles. The monoisotopic (exact) mass is 341 g/mol. The van der Waals surface area contributed by atoms with Gasteiger partial charge in [0.05, 0.1) is 0 Å². The molecule has 0 radical (unpaired) electrons. The van der Waals surface area contributed by atoms with E-state index in [1.165, 1.54) is 12.8 Å². The summed E-state index contributed by atoms with van der Waals surface area (Å²) in [5.74, 6) is 2.38. The van der Waals surface area contributed by atoms with Crippen LogP contribution in [-0.4, -0.2) is 15.2 Å². The molecule has 1 aliphatic carbocycles. The minimum absolute atomic E-state index is 0.604. The Kier molecular flexibility index (Phi) is 2.59. The zero-order valence-corrected chi connectivity index (χ0v) is 11.5. The van der Waals surface area contributed by atoms with E-state index in [1.54, 1.807) is 0 Å². The van der Waals surface area contributed by atoms with Gasteiger partial charge in [0.1, 0.15) is 5.82 Å². The molecule has 1 aromatic carbocycles. The second-order valence-corrected chi connectivity index (χ2v) is 5.71. The summed E-state index contributed by atoms with van der Waals surface area (Å²) in [5, 5.41) is 7.28. The SMILES string of the molecule is Brc1ccc(Br)c(-c2n[nH]c(C3CC3)n2)c1. The van der Waals surface area contributed by atoms with Crippen LogP contribution in [0.5, 0.6) is 0 Å². The van der Waals surface area contributed by atoms with Gasteiger partial charge >= 0.3 is 0 Å². The average molecular weight is 343 g/mol. The molecular weight excluding hydrogens is 334 g/mol. The van der Waals surface area contributed by atoms with Crippen LogP contribution in [0.4, 0.5) is 0 Å². The van der Waals surface area contributed by atoms with Gasteiger partial charge in [-0.15, -0.1) is 0 Å². The second kappa shape index (κ2) is 3.96. The zero-order valence-electron chi connectivity index (χ0n) is 8.37. The molecule has 0 spiro atoms. The molecule has 16 heavy (non-hydrogen) atoms. The maximum absolute atomic E-state index is 4.53. The number of aromatic nitrogens is 3. The van der Waals surface area contributed by atoms with Gasteiger partial charge in [-0.2, -0.15) is 5.10 Å². The van der Waals surface area contributed by atoms with E-state index in [0.717, 1.165) is 26.2 Å². The predicted octanol–water partition coefficient (Wildman–Crippen LogP) is 3.87.